The average Bonchev–Trinajstić information content (AvgIpc) is 2.94. The van der Waals surface area contributed by atoms with Crippen LogP contribution in [0.2, 0.25) is 0 Å². The summed E-state index contributed by atoms with van der Waals surface area (Å²) in [4.78, 5) is 15.3. The zero-order valence-electron chi connectivity index (χ0n) is 23.6. The third kappa shape index (κ3) is 11.3. The van der Waals surface area contributed by atoms with E-state index in [1.54, 1.807) is 6.07 Å². The summed E-state index contributed by atoms with van der Waals surface area (Å²) in [5, 5.41) is 6.22. The van der Waals surface area contributed by atoms with Crippen LogP contribution in [-0.4, -0.2) is 73.5 Å². The smallest absolute Gasteiger partial charge is 0.490 e. The van der Waals surface area contributed by atoms with Crippen molar-refractivity contribution in [1.29, 1.82) is 0 Å². The summed E-state index contributed by atoms with van der Waals surface area (Å²) in [7, 11) is 0. The summed E-state index contributed by atoms with van der Waals surface area (Å²) >= 11 is 5.32. The molecule has 44 heavy (non-hydrogen) atoms. The van der Waals surface area contributed by atoms with Gasteiger partial charge in [-0.2, -0.15) is 0 Å². The number of nitrogens with one attached hydrogen (secondary N) is 2. The molecule has 2 aromatic rings. The van der Waals surface area contributed by atoms with E-state index >= 15 is 0 Å². The maximum atomic E-state index is 13.1. The zero-order valence-corrected chi connectivity index (χ0v) is 24.5. The van der Waals surface area contributed by atoms with Gasteiger partial charge in [0.15, 0.2) is 10.9 Å². The molecule has 2 N–H and O–H groups in total. The molecule has 2 aromatic carbocycles. The summed E-state index contributed by atoms with van der Waals surface area (Å²) < 4.78 is 95.5. The number of anilines is 1. The van der Waals surface area contributed by atoms with Crippen molar-refractivity contribution < 1.29 is 50.1 Å². The number of alkyl halides is 6. The van der Waals surface area contributed by atoms with E-state index < -0.39 is 18.5 Å². The van der Waals surface area contributed by atoms with Crippen LogP contribution < -0.4 is 24.8 Å². The van der Waals surface area contributed by atoms with Gasteiger partial charge in [-0.1, -0.05) is 6.07 Å². The van der Waals surface area contributed by atoms with Gasteiger partial charge in [-0.15, -0.1) is 26.3 Å². The number of benzene rings is 2. The number of hydrogen-bond donors (Lipinski definition) is 2. The number of carbonyl (C=O) groups excluding carboxylic acids is 1. The van der Waals surface area contributed by atoms with Gasteiger partial charge in [0.1, 0.15) is 17.2 Å². The van der Waals surface area contributed by atoms with E-state index in [0.717, 1.165) is 25.2 Å². The lowest BCUT2D eigenvalue weighted by molar-refractivity contribution is -0.275. The Bertz CT molecular complexity index is 1260. The number of ketones is 1. The number of thiocarbonyl (C=S) groups is 1. The molecule has 0 spiro atoms. The maximum absolute atomic E-state index is 13.1. The standard InChI is InChI=1S/C29H33F6N3O5S/c30-28(31,32)42-22-4-1-3-20(17-22)37-27(44)36-19-6-8-21(9-7-19)41-26-11-10-23(43-29(33,34)35)18-24(26)25(39)5-2-12-38-13-15-40-16-14-38/h1,3-4,10-11,17-19,21H,2,5-9,12-16H2,(H2,36,37,44). The first kappa shape index (κ1) is 33.6. The van der Waals surface area contributed by atoms with Crippen molar-refractivity contribution in [1.82, 2.24) is 10.2 Å². The van der Waals surface area contributed by atoms with Gasteiger partial charge in [0.25, 0.3) is 0 Å². The molecule has 0 unspecified atom stereocenters. The molecule has 1 saturated carbocycles. The Kier molecular flexibility index (Phi) is 11.5. The van der Waals surface area contributed by atoms with Crippen molar-refractivity contribution in [3.05, 3.63) is 48.0 Å². The molecule has 1 saturated heterocycles. The van der Waals surface area contributed by atoms with Crippen LogP contribution in [0.15, 0.2) is 42.5 Å². The highest BCUT2D eigenvalue weighted by atomic mass is 32.1. The van der Waals surface area contributed by atoms with Crippen molar-refractivity contribution >= 4 is 28.8 Å². The van der Waals surface area contributed by atoms with Crippen LogP contribution in [0, 0.1) is 0 Å². The first-order valence-corrected chi connectivity index (χ1v) is 14.6. The second-order valence-electron chi connectivity index (χ2n) is 10.5. The SMILES string of the molecule is O=C(CCCN1CCOCC1)c1cc(OC(F)(F)F)ccc1OC1CCC(NC(=S)Nc2cccc(OC(F)(F)F)c2)CC1. The number of morpholine rings is 1. The van der Waals surface area contributed by atoms with Gasteiger partial charge in [0.05, 0.1) is 24.9 Å². The molecule has 2 aliphatic rings. The molecule has 1 aliphatic carbocycles. The van der Waals surface area contributed by atoms with Crippen LogP contribution >= 0.6 is 12.2 Å². The molecule has 8 nitrogen and oxygen atoms in total. The quantitative estimate of drug-likeness (QED) is 0.162. The molecule has 4 rings (SSSR count). The molecule has 1 aliphatic heterocycles. The molecule has 0 amide bonds. The predicted octanol–water partition coefficient (Wildman–Crippen LogP) is 6.46. The van der Waals surface area contributed by atoms with Crippen LogP contribution in [0.25, 0.3) is 0 Å². The normalized spacial score (nSPS) is 19.6. The average molecular weight is 650 g/mol. The van der Waals surface area contributed by atoms with Gasteiger partial charge < -0.3 is 29.6 Å². The minimum atomic E-state index is -4.90. The highest BCUT2D eigenvalue weighted by molar-refractivity contribution is 7.80. The number of Topliss-reactive ketones (excluding diaryl/α,β-unsaturated/α-hetero) is 1. The molecule has 242 valence electrons. The van der Waals surface area contributed by atoms with Crippen molar-refractivity contribution in [2.24, 2.45) is 0 Å². The molecule has 0 radical (unpaired) electrons. The van der Waals surface area contributed by atoms with E-state index in [2.05, 4.69) is 25.0 Å². The second-order valence-corrected chi connectivity index (χ2v) is 10.9. The molecule has 15 heteroatoms. The summed E-state index contributed by atoms with van der Waals surface area (Å²) in [5.41, 5.74) is 0.359. The predicted molar refractivity (Wildman–Crippen MR) is 153 cm³/mol. The van der Waals surface area contributed by atoms with Gasteiger partial charge >= 0.3 is 12.7 Å². The molecule has 0 bridgehead atoms. The monoisotopic (exact) mass is 649 g/mol. The Morgan fingerprint density at radius 1 is 0.932 bits per heavy atom. The molecule has 1 heterocycles. The van der Waals surface area contributed by atoms with Crippen molar-refractivity contribution in [2.45, 2.75) is 63.4 Å². The summed E-state index contributed by atoms with van der Waals surface area (Å²) in [6, 6.07) is 8.79. The van der Waals surface area contributed by atoms with E-state index in [9.17, 15) is 31.1 Å². The zero-order chi connectivity index (χ0) is 31.7. The van der Waals surface area contributed by atoms with Crippen molar-refractivity contribution in [3.8, 4) is 17.2 Å². The number of rotatable bonds is 11. The van der Waals surface area contributed by atoms with E-state index in [1.165, 1.54) is 24.3 Å². The molecule has 2 fully saturated rings. The fourth-order valence-corrected chi connectivity index (χ4v) is 5.36. The van der Waals surface area contributed by atoms with Crippen LogP contribution in [-0.2, 0) is 4.74 Å². The highest BCUT2D eigenvalue weighted by Gasteiger charge is 2.33. The lowest BCUT2D eigenvalue weighted by Gasteiger charge is -2.31. The van der Waals surface area contributed by atoms with Gasteiger partial charge in [0, 0.05) is 37.3 Å². The minimum absolute atomic E-state index is 0.0380. The van der Waals surface area contributed by atoms with Crippen molar-refractivity contribution in [2.75, 3.05) is 38.2 Å². The highest BCUT2D eigenvalue weighted by Crippen LogP contribution is 2.32. The fraction of sp³-hybridized carbons (Fsp3) is 0.517. The number of nitrogens with zero attached hydrogens (tertiary/aromatic N) is 1. The number of carbonyl (C=O) groups is 1. The Morgan fingerprint density at radius 2 is 1.59 bits per heavy atom. The fourth-order valence-electron chi connectivity index (χ4n) is 5.08. The third-order valence-corrected chi connectivity index (χ3v) is 7.32. The van der Waals surface area contributed by atoms with E-state index in [1.807, 2.05) is 0 Å². The largest absolute Gasteiger partial charge is 0.573 e. The minimum Gasteiger partial charge on any atom is -0.490 e. The van der Waals surface area contributed by atoms with Crippen LogP contribution in [0.3, 0.4) is 0 Å². The molecular weight excluding hydrogens is 616 g/mol. The second kappa shape index (κ2) is 15.1. The number of halogens is 6. The molecule has 0 aromatic heterocycles. The van der Waals surface area contributed by atoms with Gasteiger partial charge in [-0.05, 0) is 81.2 Å². The Balaban J connectivity index is 1.30. The first-order chi connectivity index (χ1) is 20.8. The number of hydrogen-bond acceptors (Lipinski definition) is 7. The molecular formula is C29H33F6N3O5S. The Labute approximate surface area is 256 Å². The van der Waals surface area contributed by atoms with E-state index in [0.29, 0.717) is 57.6 Å². The van der Waals surface area contributed by atoms with E-state index in [-0.39, 0.29) is 46.5 Å². The maximum Gasteiger partial charge on any atom is 0.573 e. The van der Waals surface area contributed by atoms with Crippen molar-refractivity contribution in [3.63, 3.8) is 0 Å². The summed E-state index contributed by atoms with van der Waals surface area (Å²) in [6.07, 6.45) is -6.94. The van der Waals surface area contributed by atoms with Gasteiger partial charge in [-0.3, -0.25) is 9.69 Å². The topological polar surface area (TPSA) is 81.3 Å². The third-order valence-electron chi connectivity index (χ3n) is 7.10. The van der Waals surface area contributed by atoms with Crippen LogP contribution in [0.5, 0.6) is 17.2 Å². The first-order valence-electron chi connectivity index (χ1n) is 14.2. The summed E-state index contributed by atoms with van der Waals surface area (Å²) in [6.45, 7) is 3.44. The van der Waals surface area contributed by atoms with Gasteiger partial charge in [-0.25, -0.2) is 0 Å². The lowest BCUT2D eigenvalue weighted by Crippen LogP contribution is -2.41. The van der Waals surface area contributed by atoms with Crippen LogP contribution in [0.4, 0.5) is 32.0 Å². The number of ether oxygens (including phenoxy) is 4. The van der Waals surface area contributed by atoms with E-state index in [4.69, 9.17) is 21.7 Å². The molecule has 0 atom stereocenters. The lowest BCUT2D eigenvalue weighted by atomic mass is 9.93. The Hall–Kier alpha value is -3.30. The van der Waals surface area contributed by atoms with Gasteiger partial charge in [0.2, 0.25) is 0 Å². The van der Waals surface area contributed by atoms with Crippen LogP contribution in [0.1, 0.15) is 48.9 Å². The Morgan fingerprint density at radius 3 is 2.25 bits per heavy atom. The summed E-state index contributed by atoms with van der Waals surface area (Å²) in [5.74, 6) is -1.01.